The zero-order valence-corrected chi connectivity index (χ0v) is 22.7. The zero-order valence-electron chi connectivity index (χ0n) is 22.7. The Labute approximate surface area is 236 Å². The molecule has 41 heavy (non-hydrogen) atoms. The number of amides is 1. The predicted octanol–water partition coefficient (Wildman–Crippen LogP) is 4.72. The van der Waals surface area contributed by atoms with Crippen LogP contribution in [-0.4, -0.2) is 80.0 Å². The fraction of sp³-hybridized carbons (Fsp3) is 0.286. The van der Waals surface area contributed by atoms with E-state index in [2.05, 4.69) is 25.6 Å². The molecule has 13 nitrogen and oxygen atoms in total. The Morgan fingerprint density at radius 2 is 1.56 bits per heavy atom. The van der Waals surface area contributed by atoms with Crippen LogP contribution in [0.3, 0.4) is 0 Å². The van der Waals surface area contributed by atoms with Crippen molar-refractivity contribution in [3.63, 3.8) is 0 Å². The van der Waals surface area contributed by atoms with Gasteiger partial charge in [0.15, 0.2) is 0 Å². The van der Waals surface area contributed by atoms with Crippen LogP contribution in [0.15, 0.2) is 60.8 Å². The number of aromatic nitrogens is 3. The first-order chi connectivity index (χ1) is 20.1. The van der Waals surface area contributed by atoms with Crippen molar-refractivity contribution in [1.82, 2.24) is 15.0 Å². The lowest BCUT2D eigenvalue weighted by Crippen LogP contribution is -2.12. The highest BCUT2D eigenvalue weighted by Crippen LogP contribution is 2.34. The van der Waals surface area contributed by atoms with E-state index in [1.807, 2.05) is 24.3 Å². The molecular formula is C28H31N5O8. The summed E-state index contributed by atoms with van der Waals surface area (Å²) < 4.78 is 32.9. The van der Waals surface area contributed by atoms with Crippen LogP contribution in [0.5, 0.6) is 23.4 Å². The van der Waals surface area contributed by atoms with Crippen LogP contribution < -0.4 is 24.8 Å². The first-order valence-corrected chi connectivity index (χ1v) is 12.7. The van der Waals surface area contributed by atoms with Crippen molar-refractivity contribution >= 4 is 34.2 Å². The minimum absolute atomic E-state index is 0.270. The highest BCUT2D eigenvalue weighted by Gasteiger charge is 2.12. The van der Waals surface area contributed by atoms with Crippen molar-refractivity contribution in [2.45, 2.75) is 0 Å². The molecule has 2 aromatic carbocycles. The maximum atomic E-state index is 11.2. The van der Waals surface area contributed by atoms with E-state index in [0.29, 0.717) is 67.3 Å². The maximum Gasteiger partial charge on any atom is 0.409 e. The van der Waals surface area contributed by atoms with Crippen molar-refractivity contribution in [3.05, 3.63) is 60.8 Å². The van der Waals surface area contributed by atoms with Gasteiger partial charge in [-0.15, -0.1) is 0 Å². The quantitative estimate of drug-likeness (QED) is 0.161. The van der Waals surface area contributed by atoms with Gasteiger partial charge in [-0.05, 0) is 12.1 Å². The summed E-state index contributed by atoms with van der Waals surface area (Å²) in [6.07, 6.45) is 0.406. The normalized spacial score (nSPS) is 10.8. The van der Waals surface area contributed by atoms with Gasteiger partial charge in [0.25, 0.3) is 0 Å². The number of carbonyl (C=O) groups is 1. The molecule has 216 valence electrons. The Morgan fingerprint density at radius 3 is 2.32 bits per heavy atom. The molecule has 0 bridgehead atoms. The number of fused-ring (bicyclic) bond motifs is 1. The molecule has 0 fully saturated rings. The van der Waals surface area contributed by atoms with E-state index in [1.54, 1.807) is 43.6 Å². The number of ether oxygens (including phenoxy) is 6. The number of pyridine rings is 1. The van der Waals surface area contributed by atoms with Crippen LogP contribution in [-0.2, 0) is 14.2 Å². The van der Waals surface area contributed by atoms with Gasteiger partial charge in [0.05, 0.1) is 51.5 Å². The van der Waals surface area contributed by atoms with Gasteiger partial charge in [0, 0.05) is 42.3 Å². The van der Waals surface area contributed by atoms with Gasteiger partial charge in [-0.1, -0.05) is 24.3 Å². The van der Waals surface area contributed by atoms with E-state index in [9.17, 15) is 4.79 Å². The summed E-state index contributed by atoms with van der Waals surface area (Å²) in [7, 11) is 3.13. The number of methoxy groups -OCH3 is 2. The van der Waals surface area contributed by atoms with Gasteiger partial charge in [-0.2, -0.15) is 9.97 Å². The molecule has 0 radical (unpaired) electrons. The fourth-order valence-corrected chi connectivity index (χ4v) is 3.69. The molecule has 3 N–H and O–H groups in total. The van der Waals surface area contributed by atoms with Gasteiger partial charge >= 0.3 is 6.09 Å². The molecule has 4 rings (SSSR count). The van der Waals surface area contributed by atoms with Gasteiger partial charge in [-0.3, -0.25) is 5.32 Å². The molecule has 0 saturated heterocycles. The SMILES string of the molecule is COCCOCCOCCOc1cc(Nc2nccc(Oc3ccc(NC(=O)O)c4ccccc34)n2)cc(OC)n1. The molecule has 0 spiro atoms. The van der Waals surface area contributed by atoms with E-state index in [1.165, 1.54) is 7.11 Å². The number of nitrogens with zero attached hydrogens (tertiary/aromatic N) is 3. The average molecular weight is 566 g/mol. The smallest absolute Gasteiger partial charge is 0.409 e. The fourth-order valence-electron chi connectivity index (χ4n) is 3.69. The molecule has 13 heteroatoms. The summed E-state index contributed by atoms with van der Waals surface area (Å²) in [5, 5.41) is 16.1. The van der Waals surface area contributed by atoms with Crippen molar-refractivity contribution < 1.29 is 38.3 Å². The molecular weight excluding hydrogens is 534 g/mol. The number of hydrogen-bond donors (Lipinski definition) is 3. The number of rotatable bonds is 16. The number of nitrogens with one attached hydrogen (secondary N) is 2. The third kappa shape index (κ3) is 8.89. The molecule has 0 aliphatic carbocycles. The first kappa shape index (κ1) is 29.3. The Kier molecular flexibility index (Phi) is 10.8. The highest BCUT2D eigenvalue weighted by molar-refractivity contribution is 6.02. The van der Waals surface area contributed by atoms with Crippen LogP contribution in [0.25, 0.3) is 10.8 Å². The summed E-state index contributed by atoms with van der Waals surface area (Å²) >= 11 is 0. The van der Waals surface area contributed by atoms with Crippen molar-refractivity contribution in [3.8, 4) is 23.4 Å². The molecule has 0 atom stereocenters. The summed E-state index contributed by atoms with van der Waals surface area (Å²) in [6, 6.07) is 15.6. The zero-order chi connectivity index (χ0) is 28.9. The number of hydrogen-bond acceptors (Lipinski definition) is 11. The molecule has 0 aliphatic rings. The molecule has 0 aliphatic heterocycles. The Balaban J connectivity index is 1.39. The van der Waals surface area contributed by atoms with Gasteiger partial charge < -0.3 is 38.8 Å². The van der Waals surface area contributed by atoms with E-state index in [-0.39, 0.29) is 18.4 Å². The Bertz CT molecular complexity index is 1440. The number of benzene rings is 2. The third-order valence-electron chi connectivity index (χ3n) is 5.50. The van der Waals surface area contributed by atoms with Gasteiger partial charge in [0.1, 0.15) is 12.4 Å². The molecule has 4 aromatic rings. The summed E-state index contributed by atoms with van der Waals surface area (Å²) in [5.74, 6) is 1.73. The molecule has 2 heterocycles. The van der Waals surface area contributed by atoms with Crippen molar-refractivity contribution in [1.29, 1.82) is 0 Å². The summed E-state index contributed by atoms with van der Waals surface area (Å²) in [6.45, 7) is 2.63. The standard InChI is InChI=1S/C28H31N5O8/c1-36-11-12-38-13-14-39-15-16-40-26-18-19(17-25(32-26)37-2)30-27-29-10-9-24(33-27)41-23-8-7-22(31-28(34)35)20-5-3-4-6-21(20)23/h3-10,17-18,31H,11-16H2,1-2H3,(H,34,35)(H,29,30,32,33). The largest absolute Gasteiger partial charge is 0.481 e. The predicted molar refractivity (Wildman–Crippen MR) is 151 cm³/mol. The molecule has 0 saturated carbocycles. The molecule has 2 aromatic heterocycles. The van der Waals surface area contributed by atoms with Crippen LogP contribution in [0.4, 0.5) is 22.1 Å². The van der Waals surface area contributed by atoms with Gasteiger partial charge in [0.2, 0.25) is 23.6 Å². The Hall–Kier alpha value is -4.72. The molecule has 0 unspecified atom stereocenters. The minimum atomic E-state index is -1.15. The van der Waals surface area contributed by atoms with Crippen molar-refractivity contribution in [2.75, 3.05) is 64.5 Å². The van der Waals surface area contributed by atoms with E-state index >= 15 is 0 Å². The maximum absolute atomic E-state index is 11.2. The van der Waals surface area contributed by atoms with Crippen LogP contribution in [0, 0.1) is 0 Å². The van der Waals surface area contributed by atoms with E-state index in [4.69, 9.17) is 33.5 Å². The first-order valence-electron chi connectivity index (χ1n) is 12.7. The summed E-state index contributed by atoms with van der Waals surface area (Å²) in [5.41, 5.74) is 1.04. The van der Waals surface area contributed by atoms with Gasteiger partial charge in [-0.25, -0.2) is 9.78 Å². The van der Waals surface area contributed by atoms with E-state index in [0.717, 1.165) is 5.39 Å². The average Bonchev–Trinajstić information content (AvgIpc) is 2.97. The second-order valence-corrected chi connectivity index (χ2v) is 8.33. The second-order valence-electron chi connectivity index (χ2n) is 8.33. The van der Waals surface area contributed by atoms with Crippen LogP contribution >= 0.6 is 0 Å². The minimum Gasteiger partial charge on any atom is -0.481 e. The summed E-state index contributed by atoms with van der Waals surface area (Å²) in [4.78, 5) is 24.2. The number of anilines is 3. The lowest BCUT2D eigenvalue weighted by molar-refractivity contribution is 0.0176. The van der Waals surface area contributed by atoms with Crippen LogP contribution in [0.2, 0.25) is 0 Å². The highest BCUT2D eigenvalue weighted by atomic mass is 16.6. The second kappa shape index (κ2) is 15.2. The van der Waals surface area contributed by atoms with Crippen molar-refractivity contribution in [2.24, 2.45) is 0 Å². The lowest BCUT2D eigenvalue weighted by Gasteiger charge is -2.13. The monoisotopic (exact) mass is 565 g/mol. The third-order valence-corrected chi connectivity index (χ3v) is 5.50. The van der Waals surface area contributed by atoms with Crippen LogP contribution in [0.1, 0.15) is 0 Å². The number of carboxylic acid groups (broad SMARTS) is 1. The molecule has 1 amide bonds. The Morgan fingerprint density at radius 1 is 0.829 bits per heavy atom. The lowest BCUT2D eigenvalue weighted by atomic mass is 10.1. The topological polar surface area (TPSA) is 155 Å². The van der Waals surface area contributed by atoms with E-state index < -0.39 is 6.09 Å².